The predicted octanol–water partition coefficient (Wildman–Crippen LogP) is 0.266. The fourth-order valence-corrected chi connectivity index (χ4v) is 0.618. The molecule has 0 saturated heterocycles. The third-order valence-corrected chi connectivity index (χ3v) is 1.11. The fraction of sp³-hybridized carbons (Fsp3) is 0.333. The summed E-state index contributed by atoms with van der Waals surface area (Å²) in [5.41, 5.74) is 0. The maximum atomic E-state index is 3.81. The van der Waals surface area contributed by atoms with Gasteiger partial charge in [0.25, 0.3) is 6.33 Å². The van der Waals surface area contributed by atoms with E-state index in [1.807, 2.05) is 6.92 Å². The quantitative estimate of drug-likeness (QED) is 0.460. The average molecular weight is 101 g/mol. The number of nitrogens with zero attached hydrogens (tertiary/aromatic N) is 1. The van der Waals surface area contributed by atoms with Crippen LogP contribution in [0.2, 0.25) is 0 Å². The summed E-state index contributed by atoms with van der Waals surface area (Å²) in [7, 11) is 0. The Morgan fingerprint density at radius 1 is 2.00 bits per heavy atom. The first-order valence-electron chi connectivity index (χ1n) is 1.68. The Labute approximate surface area is 40.0 Å². The van der Waals surface area contributed by atoms with E-state index in [1.165, 1.54) is 11.5 Å². The lowest BCUT2D eigenvalue weighted by Gasteiger charge is -1.55. The summed E-state index contributed by atoms with van der Waals surface area (Å²) in [6, 6.07) is 0. The molecule has 0 amide bonds. The van der Waals surface area contributed by atoms with Gasteiger partial charge >= 0.3 is 0 Å². The van der Waals surface area contributed by atoms with Crippen LogP contribution in [0.5, 0.6) is 0 Å². The second-order valence-electron chi connectivity index (χ2n) is 1.03. The van der Waals surface area contributed by atoms with Gasteiger partial charge in [-0.25, -0.2) is 4.98 Å². The molecule has 0 bridgehead atoms. The number of H-pyrrole nitrogens is 1. The number of aromatic nitrogens is 2. The standard InChI is InChI=1S/C3H4N2S/c1-3-4-2-5-6-3/h2H,1H3/p+1. The molecule has 0 fully saturated rings. The van der Waals surface area contributed by atoms with Gasteiger partial charge in [0.1, 0.15) is 11.5 Å². The molecule has 0 aromatic carbocycles. The zero-order valence-corrected chi connectivity index (χ0v) is 4.25. The Bertz CT molecular complexity index is 112. The highest BCUT2D eigenvalue weighted by Crippen LogP contribution is 1.86. The van der Waals surface area contributed by atoms with Gasteiger partial charge in [-0.15, -0.1) is 0 Å². The molecular formula is C3H5N2S+. The van der Waals surface area contributed by atoms with Crippen molar-refractivity contribution >= 4 is 11.5 Å². The van der Waals surface area contributed by atoms with Crippen molar-refractivity contribution < 1.29 is 4.98 Å². The van der Waals surface area contributed by atoms with Crippen molar-refractivity contribution in [3.05, 3.63) is 11.3 Å². The van der Waals surface area contributed by atoms with Crippen molar-refractivity contribution in [1.29, 1.82) is 0 Å². The van der Waals surface area contributed by atoms with E-state index in [9.17, 15) is 0 Å². The first-order chi connectivity index (χ1) is 2.89. The van der Waals surface area contributed by atoms with Crippen LogP contribution in [0.1, 0.15) is 5.01 Å². The molecule has 32 valence electrons. The molecule has 0 radical (unpaired) electrons. The topological polar surface area (TPSA) is 27.0 Å². The first kappa shape index (κ1) is 3.74. The number of hydrogen-bond acceptors (Lipinski definition) is 2. The lowest BCUT2D eigenvalue weighted by molar-refractivity contribution is -0.382. The number of rotatable bonds is 0. The lowest BCUT2D eigenvalue weighted by atomic mass is 10.9. The zero-order valence-electron chi connectivity index (χ0n) is 3.43. The lowest BCUT2D eigenvalue weighted by Crippen LogP contribution is -1.95. The van der Waals surface area contributed by atoms with E-state index in [0.29, 0.717) is 0 Å². The van der Waals surface area contributed by atoms with Crippen LogP contribution in [0.15, 0.2) is 6.33 Å². The van der Waals surface area contributed by atoms with Crippen LogP contribution >= 0.6 is 11.5 Å². The summed E-state index contributed by atoms with van der Waals surface area (Å²) < 4.78 is 3.81. The van der Waals surface area contributed by atoms with Gasteiger partial charge in [-0.3, -0.25) is 0 Å². The Morgan fingerprint density at radius 2 is 2.83 bits per heavy atom. The van der Waals surface area contributed by atoms with Crippen LogP contribution in [0.25, 0.3) is 0 Å². The summed E-state index contributed by atoms with van der Waals surface area (Å²) in [4.78, 5) is 2.91. The van der Waals surface area contributed by atoms with Crippen molar-refractivity contribution in [2.45, 2.75) is 6.92 Å². The van der Waals surface area contributed by atoms with Gasteiger partial charge in [0.15, 0.2) is 5.01 Å². The van der Waals surface area contributed by atoms with Gasteiger partial charge in [0, 0.05) is 11.3 Å². The maximum Gasteiger partial charge on any atom is 0.300 e. The van der Waals surface area contributed by atoms with E-state index in [4.69, 9.17) is 0 Å². The Balaban J connectivity index is 3.05. The number of nitrogens with one attached hydrogen (secondary N) is 1. The molecule has 0 aliphatic rings. The summed E-state index contributed by atoms with van der Waals surface area (Å²) in [6.45, 7) is 1.98. The summed E-state index contributed by atoms with van der Waals surface area (Å²) in [5.74, 6) is 0. The highest BCUT2D eigenvalue weighted by atomic mass is 32.1. The highest BCUT2D eigenvalue weighted by molar-refractivity contribution is 7.04. The zero-order chi connectivity index (χ0) is 4.41. The van der Waals surface area contributed by atoms with Crippen molar-refractivity contribution in [1.82, 2.24) is 4.37 Å². The van der Waals surface area contributed by atoms with E-state index in [-0.39, 0.29) is 0 Å². The largest absolute Gasteiger partial charge is 0.300 e. The van der Waals surface area contributed by atoms with E-state index < -0.39 is 0 Å². The molecule has 0 atom stereocenters. The number of hydrogen-bond donors (Lipinski definition) is 0. The molecular weight excluding hydrogens is 96.1 g/mol. The molecule has 3 heteroatoms. The SMILES string of the molecule is Cc1[nH+]cns1. The third kappa shape index (κ3) is 0.542. The molecule has 0 aliphatic carbocycles. The van der Waals surface area contributed by atoms with Crippen molar-refractivity contribution in [3.63, 3.8) is 0 Å². The minimum atomic E-state index is 1.15. The smallest absolute Gasteiger partial charge is 0.235 e. The minimum Gasteiger partial charge on any atom is -0.235 e. The van der Waals surface area contributed by atoms with Crippen LogP contribution in [-0.4, -0.2) is 4.37 Å². The van der Waals surface area contributed by atoms with E-state index >= 15 is 0 Å². The minimum absolute atomic E-state index is 1.15. The van der Waals surface area contributed by atoms with Crippen LogP contribution in [0.4, 0.5) is 0 Å². The monoisotopic (exact) mass is 101 g/mol. The molecule has 0 aliphatic heterocycles. The van der Waals surface area contributed by atoms with E-state index in [1.54, 1.807) is 6.33 Å². The molecule has 1 rings (SSSR count). The molecule has 1 N–H and O–H groups in total. The van der Waals surface area contributed by atoms with Crippen molar-refractivity contribution in [2.75, 3.05) is 0 Å². The van der Waals surface area contributed by atoms with Crippen LogP contribution < -0.4 is 4.98 Å². The Morgan fingerprint density at radius 3 is 3.00 bits per heavy atom. The van der Waals surface area contributed by atoms with Gasteiger partial charge in [-0.1, -0.05) is 0 Å². The number of aromatic amines is 1. The van der Waals surface area contributed by atoms with E-state index in [2.05, 4.69) is 9.36 Å². The van der Waals surface area contributed by atoms with Gasteiger partial charge in [0.05, 0.1) is 0 Å². The summed E-state index contributed by atoms with van der Waals surface area (Å²) in [6.07, 6.45) is 1.68. The van der Waals surface area contributed by atoms with Gasteiger partial charge in [0.2, 0.25) is 0 Å². The van der Waals surface area contributed by atoms with Gasteiger partial charge in [-0.2, -0.15) is 0 Å². The normalized spacial score (nSPS) is 8.83. The molecule has 1 aromatic rings. The van der Waals surface area contributed by atoms with Gasteiger partial charge < -0.3 is 0 Å². The van der Waals surface area contributed by atoms with Crippen LogP contribution in [0, 0.1) is 6.92 Å². The molecule has 6 heavy (non-hydrogen) atoms. The average Bonchev–Trinajstić information content (AvgIpc) is 1.86. The highest BCUT2D eigenvalue weighted by Gasteiger charge is 1.88. The third-order valence-electron chi connectivity index (χ3n) is 0.510. The summed E-state index contributed by atoms with van der Waals surface area (Å²) in [5, 5.41) is 1.15. The predicted molar refractivity (Wildman–Crippen MR) is 23.4 cm³/mol. The Kier molecular flexibility index (Phi) is 0.837. The molecule has 0 unspecified atom stereocenters. The fourth-order valence-electron chi connectivity index (χ4n) is 0.249. The van der Waals surface area contributed by atoms with Gasteiger partial charge in [-0.05, 0) is 0 Å². The van der Waals surface area contributed by atoms with Crippen LogP contribution in [0.3, 0.4) is 0 Å². The second kappa shape index (κ2) is 1.34. The molecule has 1 aromatic heterocycles. The molecule has 2 nitrogen and oxygen atoms in total. The second-order valence-corrected chi connectivity index (χ2v) is 2.03. The molecule has 0 saturated carbocycles. The molecule has 0 spiro atoms. The summed E-state index contributed by atoms with van der Waals surface area (Å²) >= 11 is 1.47. The number of aryl methyl sites for hydroxylation is 1. The Hall–Kier alpha value is -0.440. The molecule has 1 heterocycles. The van der Waals surface area contributed by atoms with E-state index in [0.717, 1.165) is 5.01 Å². The van der Waals surface area contributed by atoms with Crippen LogP contribution in [-0.2, 0) is 0 Å². The first-order valence-corrected chi connectivity index (χ1v) is 2.46. The van der Waals surface area contributed by atoms with Crippen molar-refractivity contribution in [3.8, 4) is 0 Å². The maximum absolute atomic E-state index is 3.81. The van der Waals surface area contributed by atoms with Crippen molar-refractivity contribution in [2.24, 2.45) is 0 Å².